The van der Waals surface area contributed by atoms with Crippen molar-refractivity contribution in [1.82, 2.24) is 15.0 Å². The van der Waals surface area contributed by atoms with Crippen LogP contribution >= 0.6 is 11.3 Å². The molecular formula is C21H20FN5O3S2. The summed E-state index contributed by atoms with van der Waals surface area (Å²) in [6.45, 7) is 6.00. The number of benzene rings is 1. The minimum atomic E-state index is -4.02. The second kappa shape index (κ2) is 7.99. The number of sulfonamides is 1. The number of halogens is 1. The molecule has 4 aromatic rings. The summed E-state index contributed by atoms with van der Waals surface area (Å²) >= 11 is 1.37. The van der Waals surface area contributed by atoms with E-state index in [9.17, 15) is 8.42 Å². The van der Waals surface area contributed by atoms with Crippen molar-refractivity contribution < 1.29 is 17.2 Å². The summed E-state index contributed by atoms with van der Waals surface area (Å²) in [5, 5.41) is 0.767. The Morgan fingerprint density at radius 2 is 1.94 bits per heavy atom. The Bertz CT molecular complexity index is 1380. The van der Waals surface area contributed by atoms with Crippen LogP contribution in [0.1, 0.15) is 25.8 Å². The van der Waals surface area contributed by atoms with E-state index in [1.165, 1.54) is 35.9 Å². The molecule has 0 atom stereocenters. The zero-order valence-corrected chi connectivity index (χ0v) is 19.1. The SMILES string of the molecule is CC(C)(C)c1nc(-c2cccc(NS(=O)(=O)c3ccoc3)c2F)c(-c2ccnc(N)n2)s1. The van der Waals surface area contributed by atoms with Crippen LogP contribution in [0.3, 0.4) is 0 Å². The molecule has 4 rings (SSSR count). The van der Waals surface area contributed by atoms with Gasteiger partial charge in [-0.3, -0.25) is 4.72 Å². The zero-order chi connectivity index (χ0) is 23.1. The fraction of sp³-hybridized carbons (Fsp3) is 0.190. The molecule has 0 aliphatic carbocycles. The van der Waals surface area contributed by atoms with Gasteiger partial charge in [0.25, 0.3) is 10.0 Å². The van der Waals surface area contributed by atoms with Crippen LogP contribution < -0.4 is 10.5 Å². The van der Waals surface area contributed by atoms with Gasteiger partial charge in [-0.25, -0.2) is 27.8 Å². The molecule has 0 aliphatic heterocycles. The lowest BCUT2D eigenvalue weighted by molar-refractivity contribution is 0.557. The van der Waals surface area contributed by atoms with Gasteiger partial charge in [0.05, 0.1) is 33.2 Å². The van der Waals surface area contributed by atoms with Crippen LogP contribution in [0.15, 0.2) is 58.4 Å². The van der Waals surface area contributed by atoms with Gasteiger partial charge in [-0.1, -0.05) is 26.8 Å². The number of nitrogens with one attached hydrogen (secondary N) is 1. The minimum absolute atomic E-state index is 0.0845. The molecule has 32 heavy (non-hydrogen) atoms. The quantitative estimate of drug-likeness (QED) is 0.431. The number of thiazole rings is 1. The van der Waals surface area contributed by atoms with Gasteiger partial charge in [0.2, 0.25) is 5.95 Å². The van der Waals surface area contributed by atoms with Crippen LogP contribution in [0.25, 0.3) is 21.8 Å². The van der Waals surface area contributed by atoms with E-state index in [0.717, 1.165) is 11.3 Å². The van der Waals surface area contributed by atoms with E-state index in [2.05, 4.69) is 14.7 Å². The molecule has 0 radical (unpaired) electrons. The summed E-state index contributed by atoms with van der Waals surface area (Å²) in [5.74, 6) is -0.671. The van der Waals surface area contributed by atoms with Crippen molar-refractivity contribution in [3.63, 3.8) is 0 Å². The van der Waals surface area contributed by atoms with E-state index >= 15 is 4.39 Å². The Morgan fingerprint density at radius 1 is 1.16 bits per heavy atom. The number of furan rings is 1. The summed E-state index contributed by atoms with van der Waals surface area (Å²) < 4.78 is 47.8. The summed E-state index contributed by atoms with van der Waals surface area (Å²) in [5.41, 5.74) is 6.23. The van der Waals surface area contributed by atoms with Crippen molar-refractivity contribution in [3.05, 3.63) is 59.9 Å². The fourth-order valence-electron chi connectivity index (χ4n) is 2.90. The number of aromatic nitrogens is 3. The van der Waals surface area contributed by atoms with Crippen molar-refractivity contribution in [1.29, 1.82) is 0 Å². The number of hydrogen-bond acceptors (Lipinski definition) is 8. The van der Waals surface area contributed by atoms with Gasteiger partial charge in [-0.15, -0.1) is 11.3 Å². The molecule has 166 valence electrons. The highest BCUT2D eigenvalue weighted by molar-refractivity contribution is 7.92. The average molecular weight is 474 g/mol. The molecule has 0 fully saturated rings. The first kappa shape index (κ1) is 21.9. The maximum atomic E-state index is 15.6. The molecule has 0 bridgehead atoms. The van der Waals surface area contributed by atoms with Gasteiger partial charge >= 0.3 is 0 Å². The molecule has 3 N–H and O–H groups in total. The van der Waals surface area contributed by atoms with Gasteiger partial charge in [0.1, 0.15) is 11.2 Å². The third kappa shape index (κ3) is 4.21. The van der Waals surface area contributed by atoms with Gasteiger partial charge in [-0.05, 0) is 24.3 Å². The molecule has 0 saturated carbocycles. The lowest BCUT2D eigenvalue weighted by Gasteiger charge is -2.13. The summed E-state index contributed by atoms with van der Waals surface area (Å²) in [7, 11) is -4.02. The Hall–Kier alpha value is -3.31. The number of anilines is 2. The maximum absolute atomic E-state index is 15.6. The standard InChI is InChI=1S/C21H20FN5O3S2/c1-21(2,3)19-26-17(18(31-19)15-7-9-24-20(23)25-15)13-5-4-6-14(16(13)22)27-32(28,29)12-8-10-30-11-12/h4-11,27H,1-3H3,(H2,23,24,25). The normalized spacial score (nSPS) is 12.1. The Morgan fingerprint density at radius 3 is 2.59 bits per heavy atom. The van der Waals surface area contributed by atoms with Gasteiger partial charge in [0.15, 0.2) is 5.82 Å². The zero-order valence-electron chi connectivity index (χ0n) is 17.5. The summed E-state index contributed by atoms with van der Waals surface area (Å²) in [4.78, 5) is 13.4. The molecule has 11 heteroatoms. The Balaban J connectivity index is 1.85. The molecule has 8 nitrogen and oxygen atoms in total. The molecule has 0 aliphatic rings. The first-order valence-electron chi connectivity index (χ1n) is 9.50. The van der Waals surface area contributed by atoms with E-state index in [-0.39, 0.29) is 27.5 Å². The lowest BCUT2D eigenvalue weighted by atomic mass is 9.98. The number of hydrogen-bond donors (Lipinski definition) is 2. The highest BCUT2D eigenvalue weighted by atomic mass is 32.2. The molecule has 1 aromatic carbocycles. The first-order valence-corrected chi connectivity index (χ1v) is 11.8. The Labute approximate surface area is 188 Å². The first-order chi connectivity index (χ1) is 15.1. The minimum Gasteiger partial charge on any atom is -0.471 e. The smallest absolute Gasteiger partial charge is 0.265 e. The van der Waals surface area contributed by atoms with Crippen molar-refractivity contribution in [2.45, 2.75) is 31.1 Å². The molecule has 3 heterocycles. The van der Waals surface area contributed by atoms with Crippen molar-refractivity contribution >= 4 is 33.0 Å². The summed E-state index contributed by atoms with van der Waals surface area (Å²) in [6, 6.07) is 7.39. The maximum Gasteiger partial charge on any atom is 0.265 e. The van der Waals surface area contributed by atoms with Crippen LogP contribution in [-0.2, 0) is 15.4 Å². The van der Waals surface area contributed by atoms with E-state index in [1.54, 1.807) is 18.2 Å². The molecule has 0 unspecified atom stereocenters. The molecule has 0 amide bonds. The third-order valence-electron chi connectivity index (χ3n) is 4.48. The van der Waals surface area contributed by atoms with Crippen LogP contribution in [0.2, 0.25) is 0 Å². The van der Waals surface area contributed by atoms with Crippen LogP contribution in [0, 0.1) is 5.82 Å². The summed E-state index contributed by atoms with van der Waals surface area (Å²) in [6.07, 6.45) is 3.81. The average Bonchev–Trinajstić information content (AvgIpc) is 3.40. The monoisotopic (exact) mass is 473 g/mol. The van der Waals surface area contributed by atoms with E-state index in [1.807, 2.05) is 20.8 Å². The van der Waals surface area contributed by atoms with Gasteiger partial charge in [-0.2, -0.15) is 0 Å². The van der Waals surface area contributed by atoms with Crippen molar-refractivity contribution in [3.8, 4) is 21.8 Å². The lowest BCUT2D eigenvalue weighted by Crippen LogP contribution is -2.13. The van der Waals surface area contributed by atoms with Crippen LogP contribution in [0.4, 0.5) is 16.0 Å². The molecule has 3 aromatic heterocycles. The number of nitrogen functional groups attached to an aromatic ring is 1. The number of rotatable bonds is 5. The van der Waals surface area contributed by atoms with E-state index in [0.29, 0.717) is 16.3 Å². The van der Waals surface area contributed by atoms with Crippen molar-refractivity contribution in [2.24, 2.45) is 0 Å². The molecule has 0 saturated heterocycles. The predicted octanol–water partition coefficient (Wildman–Crippen LogP) is 4.68. The molecule has 0 spiro atoms. The second-order valence-electron chi connectivity index (χ2n) is 7.98. The number of nitrogens with zero attached hydrogens (tertiary/aromatic N) is 3. The molecular weight excluding hydrogens is 453 g/mol. The van der Waals surface area contributed by atoms with Crippen LogP contribution in [0.5, 0.6) is 0 Å². The predicted molar refractivity (Wildman–Crippen MR) is 121 cm³/mol. The highest BCUT2D eigenvalue weighted by Crippen LogP contribution is 2.41. The van der Waals surface area contributed by atoms with E-state index in [4.69, 9.17) is 15.1 Å². The highest BCUT2D eigenvalue weighted by Gasteiger charge is 2.26. The fourth-order valence-corrected chi connectivity index (χ4v) is 4.99. The number of nitrogens with two attached hydrogens (primary N) is 1. The van der Waals surface area contributed by atoms with Gasteiger partial charge in [0, 0.05) is 17.2 Å². The van der Waals surface area contributed by atoms with Crippen LogP contribution in [-0.4, -0.2) is 23.4 Å². The Kier molecular flexibility index (Phi) is 5.47. The largest absolute Gasteiger partial charge is 0.471 e. The van der Waals surface area contributed by atoms with Gasteiger partial charge < -0.3 is 10.2 Å². The topological polar surface area (TPSA) is 124 Å². The third-order valence-corrected chi connectivity index (χ3v) is 7.32. The van der Waals surface area contributed by atoms with Crippen molar-refractivity contribution in [2.75, 3.05) is 10.5 Å². The van der Waals surface area contributed by atoms with E-state index < -0.39 is 15.8 Å². The second-order valence-corrected chi connectivity index (χ2v) is 10.7.